The van der Waals surface area contributed by atoms with Crippen LogP contribution in [0, 0.1) is 0 Å². The molecule has 2 aromatic heterocycles. The van der Waals surface area contributed by atoms with Crippen LogP contribution < -0.4 is 4.74 Å². The van der Waals surface area contributed by atoms with Gasteiger partial charge >= 0.3 is 0 Å². The van der Waals surface area contributed by atoms with E-state index in [2.05, 4.69) is 17.0 Å². The van der Waals surface area contributed by atoms with Crippen LogP contribution in [0.3, 0.4) is 0 Å². The minimum atomic E-state index is 0.0343. The first-order valence-corrected chi connectivity index (χ1v) is 11.0. The van der Waals surface area contributed by atoms with Gasteiger partial charge in [-0.05, 0) is 43.0 Å². The molecule has 7 heteroatoms. The summed E-state index contributed by atoms with van der Waals surface area (Å²) in [6, 6.07) is 9.88. The molecule has 1 aliphatic heterocycles. The van der Waals surface area contributed by atoms with Gasteiger partial charge in [0.05, 0.1) is 24.9 Å². The third-order valence-corrected chi connectivity index (χ3v) is 5.82. The molecule has 1 saturated heterocycles. The molecule has 4 rings (SSSR count). The molecule has 3 aromatic rings. The number of rotatable bonds is 7. The number of oxazole rings is 1. The van der Waals surface area contributed by atoms with E-state index in [0.29, 0.717) is 18.7 Å². The number of hydrogen-bond acceptors (Lipinski definition) is 5. The quantitative estimate of drug-likeness (QED) is 0.576. The van der Waals surface area contributed by atoms with Crippen LogP contribution in [0.15, 0.2) is 40.9 Å². The molecule has 7 nitrogen and oxygen atoms in total. The lowest BCUT2D eigenvalue weighted by atomic mass is 9.97. The lowest BCUT2D eigenvalue weighted by Crippen LogP contribution is -2.40. The Labute approximate surface area is 183 Å². The Hall–Kier alpha value is -3.09. The fourth-order valence-electron chi connectivity index (χ4n) is 4.17. The molecule has 1 atom stereocenters. The second kappa shape index (κ2) is 9.37. The van der Waals surface area contributed by atoms with Crippen molar-refractivity contribution in [2.45, 2.75) is 44.9 Å². The first-order valence-electron chi connectivity index (χ1n) is 11.0. The highest BCUT2D eigenvalue weighted by Crippen LogP contribution is 2.28. The van der Waals surface area contributed by atoms with Gasteiger partial charge in [-0.15, -0.1) is 0 Å². The van der Waals surface area contributed by atoms with Gasteiger partial charge in [-0.2, -0.15) is 5.10 Å². The average Bonchev–Trinajstić information content (AvgIpc) is 3.40. The van der Waals surface area contributed by atoms with Gasteiger partial charge in [0.15, 0.2) is 5.89 Å². The predicted molar refractivity (Wildman–Crippen MR) is 117 cm³/mol. The summed E-state index contributed by atoms with van der Waals surface area (Å²) < 4.78 is 13.0. The predicted octanol–water partition coefficient (Wildman–Crippen LogP) is 3.98. The van der Waals surface area contributed by atoms with Gasteiger partial charge in [0.25, 0.3) is 5.91 Å². The molecule has 0 N–H and O–H groups in total. The van der Waals surface area contributed by atoms with Crippen molar-refractivity contribution in [1.29, 1.82) is 0 Å². The van der Waals surface area contributed by atoms with Crippen molar-refractivity contribution < 1.29 is 13.9 Å². The highest BCUT2D eigenvalue weighted by atomic mass is 16.5. The number of ether oxygens (including phenoxy) is 1. The Morgan fingerprint density at radius 3 is 2.84 bits per heavy atom. The number of methoxy groups -OCH3 is 1. The summed E-state index contributed by atoms with van der Waals surface area (Å²) in [5, 5.41) is 4.48. The van der Waals surface area contributed by atoms with E-state index in [-0.39, 0.29) is 11.8 Å². The number of carbonyl (C=O) groups is 1. The van der Waals surface area contributed by atoms with Crippen LogP contribution in [0.1, 0.15) is 65.5 Å². The fourth-order valence-corrected chi connectivity index (χ4v) is 4.17. The van der Waals surface area contributed by atoms with E-state index in [1.165, 1.54) is 0 Å². The minimum Gasteiger partial charge on any atom is -0.497 e. The molecular weight excluding hydrogens is 392 g/mol. The molecule has 164 valence electrons. The Kier molecular flexibility index (Phi) is 6.39. The third-order valence-electron chi connectivity index (χ3n) is 5.82. The lowest BCUT2D eigenvalue weighted by molar-refractivity contribution is 0.0686. The van der Waals surface area contributed by atoms with Crippen LogP contribution in [-0.2, 0) is 19.9 Å². The number of benzene rings is 1. The Morgan fingerprint density at radius 2 is 2.10 bits per heavy atom. The lowest BCUT2D eigenvalue weighted by Gasteiger charge is -2.31. The maximum Gasteiger partial charge on any atom is 0.272 e. The molecule has 1 aliphatic rings. The largest absolute Gasteiger partial charge is 0.497 e. The molecule has 1 aromatic carbocycles. The van der Waals surface area contributed by atoms with Crippen molar-refractivity contribution in [1.82, 2.24) is 19.7 Å². The summed E-state index contributed by atoms with van der Waals surface area (Å²) in [5.74, 6) is 2.54. The van der Waals surface area contributed by atoms with Gasteiger partial charge in [0.2, 0.25) is 0 Å². The molecule has 0 bridgehead atoms. The number of nitrogens with zero attached hydrogens (tertiary/aromatic N) is 4. The van der Waals surface area contributed by atoms with Crippen molar-refractivity contribution in [2.24, 2.45) is 7.05 Å². The van der Waals surface area contributed by atoms with Crippen LogP contribution in [0.25, 0.3) is 0 Å². The van der Waals surface area contributed by atoms with E-state index in [0.717, 1.165) is 60.9 Å². The van der Waals surface area contributed by atoms with Crippen molar-refractivity contribution in [3.8, 4) is 5.75 Å². The standard InChI is InChI=1S/C24H30N4O3/c1-4-6-19-14-22(27(2)26-19)24(29)28-12-5-7-18(16-28)23-25-15-21(31-23)13-17-8-10-20(30-3)11-9-17/h8-11,14-15,18H,4-7,12-13,16H2,1-3H3/t18-/m0/s1. The smallest absolute Gasteiger partial charge is 0.272 e. The number of carbonyl (C=O) groups excluding carboxylic acids is 1. The third kappa shape index (κ3) is 4.81. The number of hydrogen-bond donors (Lipinski definition) is 0. The minimum absolute atomic E-state index is 0.0343. The number of aromatic nitrogens is 3. The van der Waals surface area contributed by atoms with Crippen LogP contribution >= 0.6 is 0 Å². The van der Waals surface area contributed by atoms with Gasteiger partial charge in [-0.3, -0.25) is 9.48 Å². The zero-order valence-corrected chi connectivity index (χ0v) is 18.5. The van der Waals surface area contributed by atoms with E-state index in [1.807, 2.05) is 42.3 Å². The summed E-state index contributed by atoms with van der Waals surface area (Å²) in [4.78, 5) is 19.6. The molecule has 1 amide bonds. The van der Waals surface area contributed by atoms with Gasteiger partial charge in [0.1, 0.15) is 17.2 Å². The van der Waals surface area contributed by atoms with E-state index in [1.54, 1.807) is 18.0 Å². The molecule has 0 aliphatic carbocycles. The molecule has 0 spiro atoms. The number of piperidine rings is 1. The summed E-state index contributed by atoms with van der Waals surface area (Å²) >= 11 is 0. The van der Waals surface area contributed by atoms with Crippen LogP contribution in [0.2, 0.25) is 0 Å². The average molecular weight is 423 g/mol. The van der Waals surface area contributed by atoms with Gasteiger partial charge in [-0.25, -0.2) is 4.98 Å². The first kappa shape index (κ1) is 21.2. The van der Waals surface area contributed by atoms with Gasteiger partial charge < -0.3 is 14.1 Å². The van der Waals surface area contributed by atoms with Crippen molar-refractivity contribution >= 4 is 5.91 Å². The maximum atomic E-state index is 13.1. The van der Waals surface area contributed by atoms with Crippen molar-refractivity contribution in [3.63, 3.8) is 0 Å². The monoisotopic (exact) mass is 422 g/mol. The second-order valence-corrected chi connectivity index (χ2v) is 8.17. The normalized spacial score (nSPS) is 16.5. The number of aryl methyl sites for hydroxylation is 2. The second-order valence-electron chi connectivity index (χ2n) is 8.17. The maximum absolute atomic E-state index is 13.1. The molecule has 31 heavy (non-hydrogen) atoms. The molecule has 0 radical (unpaired) electrons. The molecular formula is C24H30N4O3. The highest BCUT2D eigenvalue weighted by molar-refractivity contribution is 5.92. The van der Waals surface area contributed by atoms with E-state index in [4.69, 9.17) is 9.15 Å². The van der Waals surface area contributed by atoms with Gasteiger partial charge in [0, 0.05) is 26.6 Å². The summed E-state index contributed by atoms with van der Waals surface area (Å²) in [7, 11) is 3.50. The fraction of sp³-hybridized carbons (Fsp3) is 0.458. The van der Waals surface area contributed by atoms with Crippen LogP contribution in [0.4, 0.5) is 0 Å². The van der Waals surface area contributed by atoms with Crippen molar-refractivity contribution in [2.75, 3.05) is 20.2 Å². The van der Waals surface area contributed by atoms with E-state index in [9.17, 15) is 4.79 Å². The topological polar surface area (TPSA) is 73.4 Å². The zero-order valence-electron chi connectivity index (χ0n) is 18.5. The summed E-state index contributed by atoms with van der Waals surface area (Å²) in [5.41, 5.74) is 2.76. The molecule has 0 saturated carbocycles. The Morgan fingerprint density at radius 1 is 1.29 bits per heavy atom. The van der Waals surface area contributed by atoms with Crippen LogP contribution in [-0.4, -0.2) is 45.8 Å². The molecule has 0 unspecified atom stereocenters. The van der Waals surface area contributed by atoms with Crippen molar-refractivity contribution in [3.05, 3.63) is 65.1 Å². The van der Waals surface area contributed by atoms with E-state index >= 15 is 0 Å². The SMILES string of the molecule is CCCc1cc(C(=O)N2CCC[C@H](c3ncc(Cc4ccc(OC)cc4)o3)C2)n(C)n1. The molecule has 3 heterocycles. The Bertz CT molecular complexity index is 1020. The highest BCUT2D eigenvalue weighted by Gasteiger charge is 2.29. The zero-order chi connectivity index (χ0) is 21.8. The van der Waals surface area contributed by atoms with Crippen LogP contribution in [0.5, 0.6) is 5.75 Å². The molecule has 1 fully saturated rings. The van der Waals surface area contributed by atoms with Gasteiger partial charge in [-0.1, -0.05) is 25.5 Å². The number of likely N-dealkylation sites (tertiary alicyclic amines) is 1. The Balaban J connectivity index is 1.42. The summed E-state index contributed by atoms with van der Waals surface area (Å²) in [6.07, 6.45) is 6.29. The summed E-state index contributed by atoms with van der Waals surface area (Å²) in [6.45, 7) is 3.49. The number of amides is 1. The van der Waals surface area contributed by atoms with E-state index < -0.39 is 0 Å². The first-order chi connectivity index (χ1) is 15.1.